The number of aromatic nitrogens is 6. The molecule has 302 valence electrons. The van der Waals surface area contributed by atoms with Crippen molar-refractivity contribution >= 4 is 67.0 Å². The topological polar surface area (TPSA) is 108 Å². The van der Waals surface area contributed by atoms with Crippen molar-refractivity contribution in [3.05, 3.63) is 0 Å². The van der Waals surface area contributed by atoms with Crippen LogP contribution in [0.2, 0.25) is 0 Å². The molecule has 4 fully saturated rings. The first-order valence-corrected chi connectivity index (χ1v) is 26.5. The van der Waals surface area contributed by atoms with E-state index >= 15 is 0 Å². The molecule has 4 aliphatic carbocycles. The summed E-state index contributed by atoms with van der Waals surface area (Å²) in [6, 6.07) is 2.26. The highest BCUT2D eigenvalue weighted by Gasteiger charge is 2.33. The van der Waals surface area contributed by atoms with Gasteiger partial charge in [-0.05, 0) is 99.6 Å². The summed E-state index contributed by atoms with van der Waals surface area (Å²) in [5.74, 6) is 5.51. The maximum absolute atomic E-state index is 5.12. The van der Waals surface area contributed by atoms with Gasteiger partial charge in [0.05, 0.1) is 0 Å². The van der Waals surface area contributed by atoms with Crippen LogP contribution in [0, 0.1) is 0 Å². The summed E-state index contributed by atoms with van der Waals surface area (Å²) in [6.07, 6.45) is 31.1. The van der Waals surface area contributed by atoms with Crippen LogP contribution >= 0.6 is 43.2 Å². The minimum Gasteiger partial charge on any atom is -0.354 e. The van der Waals surface area contributed by atoms with Crippen molar-refractivity contribution < 1.29 is 0 Å². The SMILES string of the molecule is CCNc1nc(SSCCCCCCSSc2nc(NCC)nc(N(C3CCCCC3)C3CCCCC3)n2)nc(N(C2CCCCC2)C2CCCCC2)n1. The van der Waals surface area contributed by atoms with Gasteiger partial charge in [-0.15, -0.1) is 0 Å². The van der Waals surface area contributed by atoms with Crippen LogP contribution in [0.1, 0.15) is 168 Å². The number of rotatable bonds is 21. The Morgan fingerprint density at radius 3 is 1.09 bits per heavy atom. The third-order valence-electron chi connectivity index (χ3n) is 11.7. The summed E-state index contributed by atoms with van der Waals surface area (Å²) < 4.78 is 0. The third-order valence-corrected chi connectivity index (χ3v) is 16.1. The van der Waals surface area contributed by atoms with Gasteiger partial charge in [0.25, 0.3) is 0 Å². The highest BCUT2D eigenvalue weighted by molar-refractivity contribution is 8.77. The highest BCUT2D eigenvalue weighted by atomic mass is 33.1. The summed E-state index contributed by atoms with van der Waals surface area (Å²) in [5, 5.41) is 8.52. The van der Waals surface area contributed by atoms with Gasteiger partial charge in [0.2, 0.25) is 34.1 Å². The second-order valence-electron chi connectivity index (χ2n) is 15.8. The molecule has 0 aromatic carbocycles. The van der Waals surface area contributed by atoms with Gasteiger partial charge >= 0.3 is 0 Å². The highest BCUT2D eigenvalue weighted by Crippen LogP contribution is 2.38. The van der Waals surface area contributed by atoms with Crippen LogP contribution in [0.3, 0.4) is 0 Å². The van der Waals surface area contributed by atoms with Crippen molar-refractivity contribution in [1.29, 1.82) is 0 Å². The molecule has 6 rings (SSSR count). The lowest BCUT2D eigenvalue weighted by Crippen LogP contribution is -2.46. The standard InChI is InChI=1S/C40H68N10S4/c1-3-41-35-43-37(49(31-21-11-7-12-22-31)32-23-13-8-14-24-32)47-39(45-35)53-51-29-19-5-6-20-30-52-54-40-46-36(42-4-2)44-38(48-40)50(33-25-15-9-16-26-33)34-27-17-10-18-28-34/h31-34H,3-30H2,1-2H3,(H,41,43,45,47)(H,42,44,46,48). The molecule has 14 heteroatoms. The average Bonchev–Trinajstić information content (AvgIpc) is 3.21. The number of nitrogens with one attached hydrogen (secondary N) is 2. The van der Waals surface area contributed by atoms with E-state index in [0.717, 1.165) is 58.7 Å². The Morgan fingerprint density at radius 1 is 0.444 bits per heavy atom. The fourth-order valence-corrected chi connectivity index (χ4v) is 12.8. The zero-order valence-corrected chi connectivity index (χ0v) is 36.6. The van der Waals surface area contributed by atoms with Gasteiger partial charge in [-0.1, -0.05) is 111 Å². The molecule has 2 aromatic rings. The molecule has 0 amide bonds. The number of hydrogen-bond acceptors (Lipinski definition) is 14. The third kappa shape index (κ3) is 13.1. The number of hydrogen-bond donors (Lipinski definition) is 2. The molecule has 0 unspecified atom stereocenters. The quantitative estimate of drug-likeness (QED) is 0.0921. The summed E-state index contributed by atoms with van der Waals surface area (Å²) >= 11 is 0. The van der Waals surface area contributed by atoms with Crippen molar-refractivity contribution in [2.45, 2.75) is 202 Å². The van der Waals surface area contributed by atoms with Crippen molar-refractivity contribution in [3.8, 4) is 0 Å². The predicted molar refractivity (Wildman–Crippen MR) is 236 cm³/mol. The molecule has 0 aliphatic heterocycles. The second kappa shape index (κ2) is 23.8. The van der Waals surface area contributed by atoms with E-state index in [4.69, 9.17) is 29.9 Å². The Bertz CT molecular complexity index is 1210. The minimum absolute atomic E-state index is 0.564. The molecule has 2 heterocycles. The summed E-state index contributed by atoms with van der Waals surface area (Å²) in [4.78, 5) is 35.1. The second-order valence-corrected chi connectivity index (χ2v) is 20.5. The average molecular weight is 817 g/mol. The minimum atomic E-state index is 0.564. The van der Waals surface area contributed by atoms with Gasteiger partial charge < -0.3 is 20.4 Å². The zero-order chi connectivity index (χ0) is 37.2. The molecule has 4 aliphatic rings. The Labute approximate surface area is 342 Å². The summed E-state index contributed by atoms with van der Waals surface area (Å²) in [6.45, 7) is 5.88. The zero-order valence-electron chi connectivity index (χ0n) is 33.3. The van der Waals surface area contributed by atoms with Crippen LogP contribution in [0.5, 0.6) is 0 Å². The van der Waals surface area contributed by atoms with E-state index < -0.39 is 0 Å². The van der Waals surface area contributed by atoms with E-state index in [2.05, 4.69) is 34.3 Å². The molecular formula is C40H68N10S4. The largest absolute Gasteiger partial charge is 0.354 e. The fourth-order valence-electron chi connectivity index (χ4n) is 9.02. The van der Waals surface area contributed by atoms with Gasteiger partial charge in [-0.2, -0.15) is 29.9 Å². The lowest BCUT2D eigenvalue weighted by Gasteiger charge is -2.41. The smallest absolute Gasteiger partial charge is 0.231 e. The number of unbranched alkanes of at least 4 members (excludes halogenated alkanes) is 3. The molecular weight excluding hydrogens is 749 g/mol. The molecule has 54 heavy (non-hydrogen) atoms. The van der Waals surface area contributed by atoms with Crippen LogP contribution in [0.4, 0.5) is 23.8 Å². The maximum atomic E-state index is 5.12. The Hall–Kier alpha value is -1.38. The predicted octanol–water partition coefficient (Wildman–Crippen LogP) is 11.6. The van der Waals surface area contributed by atoms with E-state index in [0.29, 0.717) is 24.2 Å². The molecule has 10 nitrogen and oxygen atoms in total. The molecule has 2 N–H and O–H groups in total. The van der Waals surface area contributed by atoms with E-state index in [9.17, 15) is 0 Å². The first kappa shape index (κ1) is 42.2. The van der Waals surface area contributed by atoms with E-state index in [1.165, 1.54) is 154 Å². The van der Waals surface area contributed by atoms with Crippen molar-refractivity contribution in [2.75, 3.05) is 45.0 Å². The molecule has 2 aromatic heterocycles. The molecule has 0 atom stereocenters. The van der Waals surface area contributed by atoms with Gasteiger partial charge in [0.15, 0.2) is 0 Å². The summed E-state index contributed by atoms with van der Waals surface area (Å²) in [7, 11) is 7.26. The maximum Gasteiger partial charge on any atom is 0.231 e. The summed E-state index contributed by atoms with van der Waals surface area (Å²) in [5.41, 5.74) is 0. The van der Waals surface area contributed by atoms with E-state index in [-0.39, 0.29) is 0 Å². The van der Waals surface area contributed by atoms with Crippen molar-refractivity contribution in [3.63, 3.8) is 0 Å². The van der Waals surface area contributed by atoms with E-state index in [1.54, 1.807) is 21.6 Å². The van der Waals surface area contributed by atoms with Gasteiger partial charge in [0.1, 0.15) is 0 Å². The first-order valence-electron chi connectivity index (χ1n) is 21.9. The fraction of sp³-hybridized carbons (Fsp3) is 0.850. The van der Waals surface area contributed by atoms with Crippen molar-refractivity contribution in [1.82, 2.24) is 29.9 Å². The molecule has 4 saturated carbocycles. The number of nitrogens with zero attached hydrogens (tertiary/aromatic N) is 8. The van der Waals surface area contributed by atoms with Crippen LogP contribution in [-0.2, 0) is 0 Å². The number of anilines is 4. The molecule has 0 radical (unpaired) electrons. The van der Waals surface area contributed by atoms with Crippen molar-refractivity contribution in [2.24, 2.45) is 0 Å². The monoisotopic (exact) mass is 816 g/mol. The van der Waals surface area contributed by atoms with Crippen LogP contribution in [0.25, 0.3) is 0 Å². The Balaban J connectivity index is 0.947. The normalized spacial score (nSPS) is 19.5. The van der Waals surface area contributed by atoms with E-state index in [1.807, 2.05) is 21.6 Å². The van der Waals surface area contributed by atoms with Crippen LogP contribution in [0.15, 0.2) is 10.3 Å². The Morgan fingerprint density at radius 2 is 0.778 bits per heavy atom. The van der Waals surface area contributed by atoms with Gasteiger partial charge in [0, 0.05) is 48.8 Å². The molecule has 0 bridgehead atoms. The molecule has 0 spiro atoms. The Kier molecular flexibility index (Phi) is 18.6. The van der Waals surface area contributed by atoms with Gasteiger partial charge in [-0.25, -0.2) is 0 Å². The molecule has 0 saturated heterocycles. The lowest BCUT2D eigenvalue weighted by atomic mass is 9.89. The van der Waals surface area contributed by atoms with Crippen LogP contribution in [-0.4, -0.2) is 78.7 Å². The lowest BCUT2D eigenvalue weighted by molar-refractivity contribution is 0.334. The van der Waals surface area contributed by atoms with Gasteiger partial charge in [-0.3, -0.25) is 0 Å². The van der Waals surface area contributed by atoms with Crippen LogP contribution < -0.4 is 20.4 Å². The first-order chi connectivity index (χ1) is 26.7.